The molecule has 2 aromatic carbocycles. The van der Waals surface area contributed by atoms with Crippen LogP contribution in [-0.2, 0) is 6.54 Å². The normalized spacial score (nSPS) is 11.0. The molecule has 0 bridgehead atoms. The molecule has 1 aromatic heterocycles. The molecule has 3 rings (SSSR count). The van der Waals surface area contributed by atoms with Crippen LogP contribution in [0.4, 0.5) is 5.69 Å². The summed E-state index contributed by atoms with van der Waals surface area (Å²) in [7, 11) is 0. The third-order valence-corrected chi connectivity index (χ3v) is 3.91. The molecule has 106 valence electrons. The van der Waals surface area contributed by atoms with Gasteiger partial charge in [-0.15, -0.1) is 4.91 Å². The predicted molar refractivity (Wildman–Crippen MR) is 84.3 cm³/mol. The van der Waals surface area contributed by atoms with Crippen LogP contribution in [-0.4, -0.2) is 9.67 Å². The van der Waals surface area contributed by atoms with Crippen molar-refractivity contribution < 1.29 is 5.11 Å². The molecule has 0 aliphatic rings. The van der Waals surface area contributed by atoms with Crippen molar-refractivity contribution in [3.8, 4) is 5.88 Å². The summed E-state index contributed by atoms with van der Waals surface area (Å²) in [6.07, 6.45) is 0. The second-order valence-corrected chi connectivity index (χ2v) is 5.37. The molecule has 1 heterocycles. The van der Waals surface area contributed by atoms with Gasteiger partial charge in [0, 0.05) is 10.4 Å². The number of hydrogen-bond acceptors (Lipinski definition) is 3. The van der Waals surface area contributed by atoms with Crippen LogP contribution in [0.2, 0.25) is 5.02 Å². The molecule has 0 saturated carbocycles. The number of aryl methyl sites for hydroxylation is 1. The highest BCUT2D eigenvalue weighted by atomic mass is 35.5. The topological polar surface area (TPSA) is 54.6 Å². The van der Waals surface area contributed by atoms with E-state index in [1.807, 2.05) is 43.3 Å². The van der Waals surface area contributed by atoms with E-state index < -0.39 is 0 Å². The number of fused-ring (bicyclic) bond motifs is 1. The maximum Gasteiger partial charge on any atom is 0.222 e. The number of halogens is 1. The van der Waals surface area contributed by atoms with Gasteiger partial charge < -0.3 is 9.67 Å². The second kappa shape index (κ2) is 5.22. The minimum Gasteiger partial charge on any atom is -0.493 e. The molecule has 21 heavy (non-hydrogen) atoms. The quantitative estimate of drug-likeness (QED) is 0.709. The molecule has 0 amide bonds. The number of aromatic nitrogens is 1. The van der Waals surface area contributed by atoms with E-state index in [-0.39, 0.29) is 11.6 Å². The van der Waals surface area contributed by atoms with Gasteiger partial charge in [-0.1, -0.05) is 41.4 Å². The molecule has 0 aliphatic heterocycles. The number of nitroso groups, excluding NO2 is 1. The summed E-state index contributed by atoms with van der Waals surface area (Å²) in [6.45, 7) is 2.30. The van der Waals surface area contributed by atoms with Crippen LogP contribution in [0.3, 0.4) is 0 Å². The summed E-state index contributed by atoms with van der Waals surface area (Å²) < 4.78 is 1.65. The van der Waals surface area contributed by atoms with Crippen molar-refractivity contribution in [3.05, 3.63) is 63.5 Å². The first-order chi connectivity index (χ1) is 10.1. The number of nitrogens with zero attached hydrogens (tertiary/aromatic N) is 2. The highest BCUT2D eigenvalue weighted by molar-refractivity contribution is 6.31. The van der Waals surface area contributed by atoms with Gasteiger partial charge in [0.2, 0.25) is 5.88 Å². The third kappa shape index (κ3) is 2.28. The summed E-state index contributed by atoms with van der Waals surface area (Å²) in [5.74, 6) is -0.134. The Balaban J connectivity index is 2.21. The van der Waals surface area contributed by atoms with Crippen molar-refractivity contribution in [1.29, 1.82) is 0 Å². The number of benzene rings is 2. The molecule has 0 spiro atoms. The van der Waals surface area contributed by atoms with E-state index in [1.165, 1.54) is 0 Å². The molecule has 0 unspecified atom stereocenters. The minimum atomic E-state index is -0.134. The summed E-state index contributed by atoms with van der Waals surface area (Å²) in [4.78, 5) is 11.0. The standard InChI is InChI=1S/C16H13ClN2O2/c1-10-6-7-14-12(8-10)15(18-21)16(20)19(14)9-11-4-2-3-5-13(11)17/h2-8,20H,9H2,1H3. The first-order valence-electron chi connectivity index (χ1n) is 6.50. The predicted octanol–water partition coefficient (Wildman–Crippen LogP) is 4.75. The van der Waals surface area contributed by atoms with Crippen molar-refractivity contribution in [2.75, 3.05) is 0 Å². The van der Waals surface area contributed by atoms with Gasteiger partial charge in [0.05, 0.1) is 12.1 Å². The molecular formula is C16H13ClN2O2. The van der Waals surface area contributed by atoms with Crippen LogP contribution < -0.4 is 0 Å². The van der Waals surface area contributed by atoms with Crippen molar-refractivity contribution >= 4 is 28.2 Å². The minimum absolute atomic E-state index is 0.0701. The Bertz CT molecular complexity index is 840. The molecule has 5 heteroatoms. The lowest BCUT2D eigenvalue weighted by atomic mass is 10.1. The Morgan fingerprint density at radius 1 is 1.24 bits per heavy atom. The summed E-state index contributed by atoms with van der Waals surface area (Å²) in [5, 5.41) is 14.5. The second-order valence-electron chi connectivity index (χ2n) is 4.96. The number of hydrogen-bond donors (Lipinski definition) is 1. The van der Waals surface area contributed by atoms with Crippen LogP contribution in [0.25, 0.3) is 10.9 Å². The Morgan fingerprint density at radius 3 is 2.71 bits per heavy atom. The van der Waals surface area contributed by atoms with Crippen molar-refractivity contribution in [3.63, 3.8) is 0 Å². The fourth-order valence-electron chi connectivity index (χ4n) is 2.48. The van der Waals surface area contributed by atoms with Gasteiger partial charge in [0.1, 0.15) is 0 Å². The molecule has 3 aromatic rings. The Hall–Kier alpha value is -2.33. The lowest BCUT2D eigenvalue weighted by Crippen LogP contribution is -1.99. The molecule has 4 nitrogen and oxygen atoms in total. The van der Waals surface area contributed by atoms with Crippen molar-refractivity contribution in [1.82, 2.24) is 4.57 Å². The molecule has 0 atom stereocenters. The molecule has 0 fully saturated rings. The first kappa shape index (κ1) is 13.6. The van der Waals surface area contributed by atoms with Crippen LogP contribution in [0.5, 0.6) is 5.88 Å². The average Bonchev–Trinajstić information content (AvgIpc) is 2.73. The summed E-state index contributed by atoms with van der Waals surface area (Å²) >= 11 is 6.16. The van der Waals surface area contributed by atoms with Gasteiger partial charge in [0.25, 0.3) is 0 Å². The van der Waals surface area contributed by atoms with E-state index >= 15 is 0 Å². The van der Waals surface area contributed by atoms with Crippen molar-refractivity contribution in [2.24, 2.45) is 5.18 Å². The summed E-state index contributed by atoms with van der Waals surface area (Å²) in [6, 6.07) is 13.1. The zero-order valence-electron chi connectivity index (χ0n) is 11.4. The smallest absolute Gasteiger partial charge is 0.222 e. The molecule has 0 saturated heterocycles. The van der Waals surface area contributed by atoms with Crippen molar-refractivity contribution in [2.45, 2.75) is 13.5 Å². The largest absolute Gasteiger partial charge is 0.493 e. The maximum absolute atomic E-state index is 11.0. The zero-order chi connectivity index (χ0) is 15.0. The molecular weight excluding hydrogens is 288 g/mol. The summed E-state index contributed by atoms with van der Waals surface area (Å²) in [5.41, 5.74) is 2.69. The Labute approximate surface area is 126 Å². The van der Waals surface area contributed by atoms with Crippen LogP contribution in [0.15, 0.2) is 47.6 Å². The lowest BCUT2D eigenvalue weighted by molar-refractivity contribution is 0.430. The number of rotatable bonds is 3. The SMILES string of the molecule is Cc1ccc2c(c1)c(N=O)c(O)n2Cc1ccccc1Cl. The monoisotopic (exact) mass is 300 g/mol. The zero-order valence-corrected chi connectivity index (χ0v) is 12.1. The first-order valence-corrected chi connectivity index (χ1v) is 6.88. The Kier molecular flexibility index (Phi) is 3.39. The van der Waals surface area contributed by atoms with E-state index in [0.717, 1.165) is 16.6 Å². The van der Waals surface area contributed by atoms with Gasteiger partial charge in [0.15, 0.2) is 5.69 Å². The molecule has 0 aliphatic carbocycles. The maximum atomic E-state index is 11.0. The van der Waals surface area contributed by atoms with E-state index in [2.05, 4.69) is 5.18 Å². The van der Waals surface area contributed by atoms with E-state index in [4.69, 9.17) is 11.6 Å². The highest BCUT2D eigenvalue weighted by Crippen LogP contribution is 2.39. The van der Waals surface area contributed by atoms with Crippen LogP contribution >= 0.6 is 11.6 Å². The number of aromatic hydroxyl groups is 1. The molecule has 0 radical (unpaired) electrons. The Morgan fingerprint density at radius 2 is 2.00 bits per heavy atom. The third-order valence-electron chi connectivity index (χ3n) is 3.54. The van der Waals surface area contributed by atoms with Crippen LogP contribution in [0, 0.1) is 11.8 Å². The van der Waals surface area contributed by atoms with E-state index in [0.29, 0.717) is 17.0 Å². The fourth-order valence-corrected chi connectivity index (χ4v) is 2.68. The average molecular weight is 301 g/mol. The van der Waals surface area contributed by atoms with E-state index in [1.54, 1.807) is 10.6 Å². The van der Waals surface area contributed by atoms with Gasteiger partial charge in [-0.05, 0) is 35.9 Å². The van der Waals surface area contributed by atoms with Crippen LogP contribution in [0.1, 0.15) is 11.1 Å². The van der Waals surface area contributed by atoms with E-state index in [9.17, 15) is 10.0 Å². The lowest BCUT2D eigenvalue weighted by Gasteiger charge is -2.08. The van der Waals surface area contributed by atoms with Gasteiger partial charge in [-0.3, -0.25) is 0 Å². The fraction of sp³-hybridized carbons (Fsp3) is 0.125. The van der Waals surface area contributed by atoms with Gasteiger partial charge in [-0.25, -0.2) is 0 Å². The highest BCUT2D eigenvalue weighted by Gasteiger charge is 2.18. The van der Waals surface area contributed by atoms with Gasteiger partial charge >= 0.3 is 0 Å². The van der Waals surface area contributed by atoms with Gasteiger partial charge in [-0.2, -0.15) is 0 Å². The molecule has 1 N–H and O–H groups in total.